The minimum atomic E-state index is -1.68. The molecule has 354 valence electrons. The molecule has 12 heteroatoms. The first kappa shape index (κ1) is 47.1. The molecule has 0 aromatic heterocycles. The van der Waals surface area contributed by atoms with Crippen molar-refractivity contribution in [3.05, 3.63) is 188 Å². The number of nitrogens with zero attached hydrogens (tertiary/aromatic N) is 2. The van der Waals surface area contributed by atoms with Crippen LogP contribution in [0.25, 0.3) is 34.4 Å². The predicted molar refractivity (Wildman–Crippen MR) is 284 cm³/mol. The standard InChI is InChI=1S/C58H48Cl4N2O6/c1-66-41-19-23-43(24-20-41)68-55-39(17-27-45(63-33-9-10-34-63)47(55)37-13-5-3-6-14-37)29-31-58(50-49(57(65)70-58)51(59)53(61)54(62)52(50)60)32-30-40-18-28-46(64-35-11-12-36-64)48(38-15-7-4-8-16-38)56(40)69-44-25-21-42(67-2)22-26-44/h3-8,13-32H,9-12,33-36H2,1-2H3. The molecule has 7 aromatic rings. The summed E-state index contributed by atoms with van der Waals surface area (Å²) in [5.41, 5.74) is 5.84. The van der Waals surface area contributed by atoms with E-state index >= 15 is 0 Å². The Labute approximate surface area is 428 Å². The summed E-state index contributed by atoms with van der Waals surface area (Å²) < 4.78 is 31.4. The quantitative estimate of drug-likeness (QED) is 0.0606. The summed E-state index contributed by atoms with van der Waals surface area (Å²) in [7, 11) is 3.26. The molecule has 0 aliphatic carbocycles. The zero-order valence-electron chi connectivity index (χ0n) is 38.5. The van der Waals surface area contributed by atoms with Crippen LogP contribution in [0.1, 0.15) is 52.7 Å². The van der Waals surface area contributed by atoms with E-state index in [0.717, 1.165) is 85.5 Å². The highest BCUT2D eigenvalue weighted by atomic mass is 35.5. The molecule has 0 bridgehead atoms. The minimum Gasteiger partial charge on any atom is -0.497 e. The molecule has 2 fully saturated rings. The van der Waals surface area contributed by atoms with Crippen molar-refractivity contribution in [1.29, 1.82) is 0 Å². The van der Waals surface area contributed by atoms with E-state index in [9.17, 15) is 4.79 Å². The van der Waals surface area contributed by atoms with Gasteiger partial charge in [-0.15, -0.1) is 0 Å². The molecule has 3 aliphatic rings. The predicted octanol–water partition coefficient (Wildman–Crippen LogP) is 16.2. The van der Waals surface area contributed by atoms with Gasteiger partial charge in [-0.3, -0.25) is 0 Å². The molecule has 0 amide bonds. The van der Waals surface area contributed by atoms with Gasteiger partial charge in [-0.1, -0.05) is 119 Å². The topological polar surface area (TPSA) is 69.7 Å². The number of benzene rings is 7. The minimum absolute atomic E-state index is 0.00808. The van der Waals surface area contributed by atoms with Gasteiger partial charge in [0.15, 0.2) is 5.60 Å². The number of ether oxygens (including phenoxy) is 5. The largest absolute Gasteiger partial charge is 0.497 e. The Morgan fingerprint density at radius 2 is 0.886 bits per heavy atom. The molecule has 0 radical (unpaired) electrons. The second-order valence-corrected chi connectivity index (χ2v) is 18.8. The van der Waals surface area contributed by atoms with Gasteiger partial charge in [-0.2, -0.15) is 0 Å². The van der Waals surface area contributed by atoms with Crippen LogP contribution in [0.4, 0.5) is 11.4 Å². The average molecular weight is 1010 g/mol. The van der Waals surface area contributed by atoms with Crippen LogP contribution in [-0.2, 0) is 10.3 Å². The van der Waals surface area contributed by atoms with Crippen LogP contribution in [0.15, 0.2) is 146 Å². The van der Waals surface area contributed by atoms with Crippen molar-refractivity contribution in [2.75, 3.05) is 50.2 Å². The van der Waals surface area contributed by atoms with Crippen LogP contribution in [0, 0.1) is 0 Å². The second-order valence-electron chi connectivity index (χ2n) is 17.3. The van der Waals surface area contributed by atoms with Gasteiger partial charge in [0.1, 0.15) is 34.5 Å². The van der Waals surface area contributed by atoms with Crippen molar-refractivity contribution in [2.45, 2.75) is 31.3 Å². The Balaban J connectivity index is 1.19. The fraction of sp³-hybridized carbons (Fsp3) is 0.190. The maximum Gasteiger partial charge on any atom is 0.341 e. The number of esters is 1. The van der Waals surface area contributed by atoms with Gasteiger partial charge in [0.25, 0.3) is 0 Å². The van der Waals surface area contributed by atoms with Crippen molar-refractivity contribution >= 4 is 75.9 Å². The van der Waals surface area contributed by atoms with Gasteiger partial charge in [-0.05, 0) is 122 Å². The van der Waals surface area contributed by atoms with Crippen LogP contribution in [0.5, 0.6) is 34.5 Å². The molecule has 8 nitrogen and oxygen atoms in total. The van der Waals surface area contributed by atoms with E-state index < -0.39 is 11.6 Å². The molecule has 0 saturated carbocycles. The van der Waals surface area contributed by atoms with Gasteiger partial charge >= 0.3 is 5.97 Å². The van der Waals surface area contributed by atoms with E-state index in [4.69, 9.17) is 70.1 Å². The SMILES string of the molecule is COc1ccc(Oc2c(C=CC3(C=Cc4ccc(N5CCCC5)c(-c5ccccc5)c4Oc4ccc(OC)cc4)OC(=O)c4c(Cl)c(Cl)c(Cl)c(Cl)c43)ccc(N3CCCC3)c2-c2ccccc2)cc1. The number of cyclic esters (lactones) is 1. The molecule has 0 atom stereocenters. The number of methoxy groups -OCH3 is 2. The maximum absolute atomic E-state index is 14.3. The number of carbonyl (C=O) groups excluding carboxylic acids is 1. The summed E-state index contributed by atoms with van der Waals surface area (Å²) in [4.78, 5) is 19.1. The Morgan fingerprint density at radius 1 is 0.486 bits per heavy atom. The fourth-order valence-electron chi connectivity index (χ4n) is 9.56. The lowest BCUT2D eigenvalue weighted by atomic mass is 9.88. The molecule has 0 spiro atoms. The van der Waals surface area contributed by atoms with Crippen LogP contribution >= 0.6 is 46.4 Å². The van der Waals surface area contributed by atoms with Crippen molar-refractivity contribution < 1.29 is 28.5 Å². The highest BCUT2D eigenvalue weighted by Crippen LogP contribution is 2.54. The Morgan fingerprint density at radius 3 is 1.30 bits per heavy atom. The van der Waals surface area contributed by atoms with Crippen molar-refractivity contribution in [2.24, 2.45) is 0 Å². The molecular formula is C58H48Cl4N2O6. The summed E-state index contributed by atoms with van der Waals surface area (Å²) in [5, 5.41) is -0.0896. The highest BCUT2D eigenvalue weighted by molar-refractivity contribution is 6.53. The third-order valence-corrected chi connectivity index (χ3v) is 14.9. The molecule has 2 saturated heterocycles. The van der Waals surface area contributed by atoms with Gasteiger partial charge in [0.2, 0.25) is 0 Å². The first-order chi connectivity index (χ1) is 34.2. The summed E-state index contributed by atoms with van der Waals surface area (Å²) in [6, 6.07) is 43.7. The molecule has 3 heterocycles. The normalized spacial score (nSPS) is 16.6. The van der Waals surface area contributed by atoms with E-state index in [0.29, 0.717) is 45.6 Å². The highest BCUT2D eigenvalue weighted by Gasteiger charge is 2.47. The monoisotopic (exact) mass is 1010 g/mol. The zero-order valence-corrected chi connectivity index (χ0v) is 41.5. The lowest BCUT2D eigenvalue weighted by molar-refractivity contribution is 0.0301. The molecular weight excluding hydrogens is 962 g/mol. The van der Waals surface area contributed by atoms with Crippen LogP contribution in [0.3, 0.4) is 0 Å². The number of halogens is 4. The molecule has 70 heavy (non-hydrogen) atoms. The lowest BCUT2D eigenvalue weighted by Gasteiger charge is -2.27. The zero-order chi connectivity index (χ0) is 48.4. The van der Waals surface area contributed by atoms with Gasteiger partial charge < -0.3 is 33.5 Å². The van der Waals surface area contributed by atoms with E-state index in [1.807, 2.05) is 109 Å². The Kier molecular flexibility index (Phi) is 13.8. The van der Waals surface area contributed by atoms with E-state index in [-0.39, 0.29) is 31.2 Å². The lowest BCUT2D eigenvalue weighted by Crippen LogP contribution is -2.21. The van der Waals surface area contributed by atoms with Gasteiger partial charge in [-0.25, -0.2) is 4.79 Å². The van der Waals surface area contributed by atoms with E-state index in [2.05, 4.69) is 46.2 Å². The number of hydrogen-bond acceptors (Lipinski definition) is 8. The number of anilines is 2. The van der Waals surface area contributed by atoms with E-state index in [1.54, 1.807) is 26.4 Å². The van der Waals surface area contributed by atoms with Crippen molar-refractivity contribution in [3.63, 3.8) is 0 Å². The number of rotatable bonds is 14. The van der Waals surface area contributed by atoms with Crippen molar-refractivity contribution in [3.8, 4) is 56.8 Å². The first-order valence-corrected chi connectivity index (χ1v) is 24.7. The van der Waals surface area contributed by atoms with Crippen LogP contribution in [-0.4, -0.2) is 46.4 Å². The average Bonchev–Trinajstić information content (AvgIpc) is 4.20. The van der Waals surface area contributed by atoms with Gasteiger partial charge in [0.05, 0.1) is 39.9 Å². The first-order valence-electron chi connectivity index (χ1n) is 23.2. The maximum atomic E-state index is 14.3. The molecule has 10 rings (SSSR count). The Hall–Kier alpha value is -6.55. The summed E-state index contributed by atoms with van der Waals surface area (Å²) in [6.45, 7) is 3.65. The van der Waals surface area contributed by atoms with E-state index in [1.165, 1.54) is 0 Å². The van der Waals surface area contributed by atoms with Gasteiger partial charge in [0, 0.05) is 65.4 Å². The summed E-state index contributed by atoms with van der Waals surface area (Å²) in [6.07, 6.45) is 11.7. The molecule has 0 N–H and O–H groups in total. The smallest absolute Gasteiger partial charge is 0.341 e. The van der Waals surface area contributed by atoms with Crippen molar-refractivity contribution in [1.82, 2.24) is 0 Å². The number of hydrogen-bond donors (Lipinski definition) is 0. The summed E-state index contributed by atoms with van der Waals surface area (Å²) >= 11 is 27.6. The number of carbonyl (C=O) groups is 1. The van der Waals surface area contributed by atoms with Crippen LogP contribution < -0.4 is 28.7 Å². The third kappa shape index (κ3) is 9.17. The summed E-state index contributed by atoms with van der Waals surface area (Å²) in [5.74, 6) is 3.08. The molecule has 0 unspecified atom stereocenters. The molecule has 7 aromatic carbocycles. The second kappa shape index (κ2) is 20.4. The van der Waals surface area contributed by atoms with Crippen LogP contribution in [0.2, 0.25) is 20.1 Å². The Bertz CT molecular complexity index is 2950. The number of fused-ring (bicyclic) bond motifs is 1. The molecule has 3 aliphatic heterocycles. The fourth-order valence-corrected chi connectivity index (χ4v) is 10.6. The third-order valence-electron chi connectivity index (χ3n) is 13.1.